The number of aromatic nitrogens is 1. The molecule has 0 spiro atoms. The first-order valence-electron chi connectivity index (χ1n) is 5.89. The fourth-order valence-corrected chi connectivity index (χ4v) is 3.11. The van der Waals surface area contributed by atoms with Gasteiger partial charge in [-0.2, -0.15) is 0 Å². The van der Waals surface area contributed by atoms with Crippen LogP contribution in [-0.2, 0) is 5.54 Å². The lowest BCUT2D eigenvalue weighted by molar-refractivity contribution is 0.337. The standard InChI is InChI=1S/C12H16ClN3/c13-9-6-10(11(14)15-7-9)12(8-2-3-8)4-1-5-16-12/h6-8,16H,1-5H2,(H2,14,15). The van der Waals surface area contributed by atoms with Gasteiger partial charge in [-0.15, -0.1) is 0 Å². The Morgan fingerprint density at radius 2 is 2.31 bits per heavy atom. The van der Waals surface area contributed by atoms with Crippen molar-refractivity contribution < 1.29 is 0 Å². The highest BCUT2D eigenvalue weighted by Gasteiger charge is 2.49. The molecule has 2 fully saturated rings. The maximum absolute atomic E-state index is 6.04. The first-order valence-corrected chi connectivity index (χ1v) is 6.27. The number of halogens is 1. The van der Waals surface area contributed by atoms with E-state index in [1.807, 2.05) is 6.07 Å². The van der Waals surface area contributed by atoms with E-state index in [4.69, 9.17) is 17.3 Å². The molecule has 0 aromatic carbocycles. The summed E-state index contributed by atoms with van der Waals surface area (Å²) in [5.74, 6) is 1.35. The maximum Gasteiger partial charge on any atom is 0.128 e. The van der Waals surface area contributed by atoms with Gasteiger partial charge < -0.3 is 11.1 Å². The fraction of sp³-hybridized carbons (Fsp3) is 0.583. The Bertz CT molecular complexity index is 409. The van der Waals surface area contributed by atoms with Gasteiger partial charge in [-0.25, -0.2) is 4.98 Å². The largest absolute Gasteiger partial charge is 0.383 e. The van der Waals surface area contributed by atoms with E-state index in [0.29, 0.717) is 10.8 Å². The van der Waals surface area contributed by atoms with Crippen LogP contribution in [0.4, 0.5) is 5.82 Å². The first kappa shape index (κ1) is 10.4. The predicted octanol–water partition coefficient (Wildman–Crippen LogP) is 2.31. The van der Waals surface area contributed by atoms with Gasteiger partial charge in [0.1, 0.15) is 5.82 Å². The van der Waals surface area contributed by atoms with Crippen molar-refractivity contribution in [3.8, 4) is 0 Å². The first-order chi connectivity index (χ1) is 7.72. The smallest absolute Gasteiger partial charge is 0.128 e. The molecule has 0 radical (unpaired) electrons. The third kappa shape index (κ3) is 1.50. The van der Waals surface area contributed by atoms with Crippen LogP contribution >= 0.6 is 11.6 Å². The summed E-state index contributed by atoms with van der Waals surface area (Å²) in [7, 11) is 0. The van der Waals surface area contributed by atoms with Gasteiger partial charge in [0, 0.05) is 11.8 Å². The van der Waals surface area contributed by atoms with Crippen molar-refractivity contribution in [3.63, 3.8) is 0 Å². The molecule has 2 aliphatic rings. The number of nitrogens with one attached hydrogen (secondary N) is 1. The molecule has 1 aromatic rings. The Morgan fingerprint density at radius 3 is 2.94 bits per heavy atom. The van der Waals surface area contributed by atoms with E-state index in [1.54, 1.807) is 6.20 Å². The van der Waals surface area contributed by atoms with E-state index in [-0.39, 0.29) is 5.54 Å². The van der Waals surface area contributed by atoms with Gasteiger partial charge in [0.05, 0.1) is 10.6 Å². The minimum atomic E-state index is 0.0575. The Hall–Kier alpha value is -0.800. The predicted molar refractivity (Wildman–Crippen MR) is 65.3 cm³/mol. The second kappa shape index (κ2) is 3.60. The van der Waals surface area contributed by atoms with Crippen LogP contribution in [0.5, 0.6) is 0 Å². The molecule has 2 heterocycles. The summed E-state index contributed by atoms with van der Waals surface area (Å²) in [6.07, 6.45) is 6.57. The molecular weight excluding hydrogens is 222 g/mol. The molecule has 1 aliphatic carbocycles. The molecule has 3 rings (SSSR count). The number of hydrogen-bond acceptors (Lipinski definition) is 3. The van der Waals surface area contributed by atoms with E-state index in [0.717, 1.165) is 24.4 Å². The minimum absolute atomic E-state index is 0.0575. The van der Waals surface area contributed by atoms with E-state index in [9.17, 15) is 0 Å². The Morgan fingerprint density at radius 1 is 1.50 bits per heavy atom. The van der Waals surface area contributed by atoms with Gasteiger partial charge in [0.25, 0.3) is 0 Å². The van der Waals surface area contributed by atoms with Gasteiger partial charge in [-0.1, -0.05) is 11.6 Å². The number of hydrogen-bond donors (Lipinski definition) is 2. The summed E-state index contributed by atoms with van der Waals surface area (Å²) in [5.41, 5.74) is 7.18. The third-order valence-corrected chi connectivity index (χ3v) is 4.04. The lowest BCUT2D eigenvalue weighted by atomic mass is 9.84. The molecule has 1 aromatic heterocycles. The molecule has 0 bridgehead atoms. The van der Waals surface area contributed by atoms with E-state index in [2.05, 4.69) is 10.3 Å². The normalized spacial score (nSPS) is 29.6. The molecule has 1 unspecified atom stereocenters. The monoisotopic (exact) mass is 237 g/mol. The maximum atomic E-state index is 6.04. The fourth-order valence-electron chi connectivity index (χ4n) is 2.95. The topological polar surface area (TPSA) is 50.9 Å². The van der Waals surface area contributed by atoms with Crippen LogP contribution in [0, 0.1) is 5.92 Å². The molecule has 1 saturated carbocycles. The van der Waals surface area contributed by atoms with Crippen LogP contribution in [0.25, 0.3) is 0 Å². The Balaban J connectivity index is 2.08. The van der Waals surface area contributed by atoms with Crippen molar-refractivity contribution in [1.29, 1.82) is 0 Å². The highest BCUT2D eigenvalue weighted by atomic mass is 35.5. The lowest BCUT2D eigenvalue weighted by Crippen LogP contribution is -2.39. The quantitative estimate of drug-likeness (QED) is 0.830. The summed E-state index contributed by atoms with van der Waals surface area (Å²) in [6, 6.07) is 1.99. The molecule has 3 nitrogen and oxygen atoms in total. The van der Waals surface area contributed by atoms with Gasteiger partial charge in [-0.05, 0) is 44.2 Å². The second-order valence-corrected chi connectivity index (χ2v) is 5.30. The van der Waals surface area contributed by atoms with E-state index < -0.39 is 0 Å². The molecule has 1 aliphatic heterocycles. The highest BCUT2D eigenvalue weighted by Crippen LogP contribution is 2.51. The van der Waals surface area contributed by atoms with Gasteiger partial charge in [0.2, 0.25) is 0 Å². The zero-order valence-electron chi connectivity index (χ0n) is 9.17. The van der Waals surface area contributed by atoms with Crippen molar-refractivity contribution >= 4 is 17.4 Å². The zero-order valence-corrected chi connectivity index (χ0v) is 9.93. The van der Waals surface area contributed by atoms with Crippen LogP contribution < -0.4 is 11.1 Å². The van der Waals surface area contributed by atoms with Crippen LogP contribution in [0.3, 0.4) is 0 Å². The number of nitrogens with zero attached hydrogens (tertiary/aromatic N) is 1. The van der Waals surface area contributed by atoms with Crippen LogP contribution in [0.1, 0.15) is 31.2 Å². The molecule has 86 valence electrons. The number of rotatable bonds is 2. The number of nitrogens with two attached hydrogens (primary N) is 1. The Labute approximate surface area is 100 Å². The van der Waals surface area contributed by atoms with Gasteiger partial charge in [-0.3, -0.25) is 0 Å². The number of anilines is 1. The summed E-state index contributed by atoms with van der Waals surface area (Å²) < 4.78 is 0. The molecule has 1 saturated heterocycles. The lowest BCUT2D eigenvalue weighted by Gasteiger charge is -2.31. The third-order valence-electron chi connectivity index (χ3n) is 3.83. The second-order valence-electron chi connectivity index (χ2n) is 4.86. The van der Waals surface area contributed by atoms with Gasteiger partial charge in [0.15, 0.2) is 0 Å². The van der Waals surface area contributed by atoms with Crippen LogP contribution in [-0.4, -0.2) is 11.5 Å². The average Bonchev–Trinajstić information content (AvgIpc) is 3.02. The number of nitrogen functional groups attached to an aromatic ring is 1. The zero-order chi connectivity index (χ0) is 11.2. The van der Waals surface area contributed by atoms with Crippen LogP contribution in [0.2, 0.25) is 5.02 Å². The van der Waals surface area contributed by atoms with Crippen molar-refractivity contribution in [3.05, 3.63) is 22.8 Å². The molecule has 3 N–H and O–H groups in total. The van der Waals surface area contributed by atoms with E-state index >= 15 is 0 Å². The van der Waals surface area contributed by atoms with Crippen molar-refractivity contribution in [1.82, 2.24) is 10.3 Å². The van der Waals surface area contributed by atoms with Crippen molar-refractivity contribution in [2.45, 2.75) is 31.2 Å². The van der Waals surface area contributed by atoms with Crippen LogP contribution in [0.15, 0.2) is 12.3 Å². The Kier molecular flexibility index (Phi) is 2.33. The minimum Gasteiger partial charge on any atom is -0.383 e. The SMILES string of the molecule is Nc1ncc(Cl)cc1C1(C2CC2)CCCN1. The number of pyridine rings is 1. The highest BCUT2D eigenvalue weighted by molar-refractivity contribution is 6.30. The molecule has 1 atom stereocenters. The van der Waals surface area contributed by atoms with E-state index in [1.165, 1.54) is 19.3 Å². The molecular formula is C12H16ClN3. The summed E-state index contributed by atoms with van der Waals surface area (Å²) >= 11 is 6.04. The molecule has 16 heavy (non-hydrogen) atoms. The summed E-state index contributed by atoms with van der Waals surface area (Å²) in [6.45, 7) is 1.07. The summed E-state index contributed by atoms with van der Waals surface area (Å²) in [5, 5.41) is 4.32. The van der Waals surface area contributed by atoms with Crippen molar-refractivity contribution in [2.24, 2.45) is 5.92 Å². The molecule has 0 amide bonds. The van der Waals surface area contributed by atoms with Gasteiger partial charge >= 0.3 is 0 Å². The van der Waals surface area contributed by atoms with Crippen molar-refractivity contribution in [2.75, 3.05) is 12.3 Å². The average molecular weight is 238 g/mol. The summed E-state index contributed by atoms with van der Waals surface area (Å²) in [4.78, 5) is 4.18. The molecule has 4 heteroatoms.